The average molecular weight is 394 g/mol. The first-order valence-corrected chi connectivity index (χ1v) is 8.37. The zero-order valence-corrected chi connectivity index (χ0v) is 15.1. The van der Waals surface area contributed by atoms with E-state index >= 15 is 0 Å². The molecule has 0 spiro atoms. The van der Waals surface area contributed by atoms with Crippen molar-refractivity contribution in [1.82, 2.24) is 9.97 Å². The number of benzene rings is 1. The summed E-state index contributed by atoms with van der Waals surface area (Å²) in [6.45, 7) is 1.67. The van der Waals surface area contributed by atoms with Crippen LogP contribution in [0, 0.1) is 5.82 Å². The maximum atomic E-state index is 13.7. The lowest BCUT2D eigenvalue weighted by molar-refractivity contribution is 0.227. The summed E-state index contributed by atoms with van der Waals surface area (Å²) < 4.78 is 19.6. The Kier molecular flexibility index (Phi) is 5.15. The van der Waals surface area contributed by atoms with E-state index in [4.69, 9.17) is 33.7 Å². The second-order valence-corrected chi connectivity index (χ2v) is 6.35. The van der Waals surface area contributed by atoms with Crippen LogP contribution in [0.25, 0.3) is 11.1 Å². The second-order valence-electron chi connectivity index (χ2n) is 5.57. The molecule has 0 fully saturated rings. The average Bonchev–Trinajstić information content (AvgIpc) is 2.60. The van der Waals surface area contributed by atoms with Gasteiger partial charge in [-0.1, -0.05) is 23.2 Å². The standard InChI is InChI=1S/C18H14Cl2FN3O2/c1-9(16-12(19)2-3-13(21)17(16)20)26-14-6-11(8-24-18(14)22)10-4-5-23-15(25)7-10/h2-9H,1H3,(H2,22,24)(H,23,25)/t9-/m1/s1. The number of nitrogens with two attached hydrogens (primary N) is 1. The molecule has 3 rings (SSSR count). The van der Waals surface area contributed by atoms with Gasteiger partial charge in [0.15, 0.2) is 11.6 Å². The number of H-pyrrole nitrogens is 1. The van der Waals surface area contributed by atoms with Crippen molar-refractivity contribution in [3.63, 3.8) is 0 Å². The van der Waals surface area contributed by atoms with Gasteiger partial charge in [0.05, 0.1) is 5.02 Å². The van der Waals surface area contributed by atoms with Crippen LogP contribution in [-0.4, -0.2) is 9.97 Å². The molecule has 0 aliphatic heterocycles. The molecule has 134 valence electrons. The predicted octanol–water partition coefficient (Wildman–Crippen LogP) is 4.61. The van der Waals surface area contributed by atoms with E-state index < -0.39 is 11.9 Å². The molecular weight excluding hydrogens is 380 g/mol. The first kappa shape index (κ1) is 18.2. The van der Waals surface area contributed by atoms with E-state index in [0.717, 1.165) is 0 Å². The fourth-order valence-electron chi connectivity index (χ4n) is 2.50. The molecule has 2 aromatic heterocycles. The zero-order valence-electron chi connectivity index (χ0n) is 13.6. The van der Waals surface area contributed by atoms with Crippen molar-refractivity contribution in [1.29, 1.82) is 0 Å². The van der Waals surface area contributed by atoms with Crippen LogP contribution >= 0.6 is 23.2 Å². The maximum Gasteiger partial charge on any atom is 0.248 e. The number of aromatic nitrogens is 2. The Morgan fingerprint density at radius 1 is 1.23 bits per heavy atom. The molecule has 0 aliphatic rings. The van der Waals surface area contributed by atoms with Gasteiger partial charge in [0.1, 0.15) is 11.9 Å². The third-order valence-corrected chi connectivity index (χ3v) is 4.49. The highest BCUT2D eigenvalue weighted by Gasteiger charge is 2.20. The molecular formula is C18H14Cl2FN3O2. The highest BCUT2D eigenvalue weighted by molar-refractivity contribution is 6.36. The summed E-state index contributed by atoms with van der Waals surface area (Å²) in [7, 11) is 0. The van der Waals surface area contributed by atoms with Gasteiger partial charge in [-0.2, -0.15) is 0 Å². The smallest absolute Gasteiger partial charge is 0.248 e. The Morgan fingerprint density at radius 2 is 2.00 bits per heavy atom. The van der Waals surface area contributed by atoms with Crippen LogP contribution in [0.15, 0.2) is 47.5 Å². The molecule has 0 bridgehead atoms. The number of anilines is 1. The van der Waals surface area contributed by atoms with Crippen molar-refractivity contribution in [2.75, 3.05) is 5.73 Å². The number of hydrogen-bond donors (Lipinski definition) is 2. The van der Waals surface area contributed by atoms with Gasteiger partial charge in [-0.05, 0) is 36.8 Å². The van der Waals surface area contributed by atoms with E-state index in [1.165, 1.54) is 30.6 Å². The van der Waals surface area contributed by atoms with Crippen molar-refractivity contribution >= 4 is 29.0 Å². The van der Waals surface area contributed by atoms with Crippen LogP contribution in [0.1, 0.15) is 18.6 Å². The summed E-state index contributed by atoms with van der Waals surface area (Å²) in [5.74, 6) is -0.175. The summed E-state index contributed by atoms with van der Waals surface area (Å²) >= 11 is 12.2. The SMILES string of the molecule is C[C@@H](Oc1cc(-c2cc[nH]c(=O)c2)cnc1N)c1c(Cl)ccc(F)c1Cl. The van der Waals surface area contributed by atoms with E-state index in [1.54, 1.807) is 19.1 Å². The summed E-state index contributed by atoms with van der Waals surface area (Å²) in [5.41, 5.74) is 7.25. The Balaban J connectivity index is 1.97. The molecule has 3 N–H and O–H groups in total. The van der Waals surface area contributed by atoms with Crippen LogP contribution in [0.5, 0.6) is 5.75 Å². The lowest BCUT2D eigenvalue weighted by atomic mass is 10.1. The van der Waals surface area contributed by atoms with Crippen molar-refractivity contribution in [3.05, 3.63) is 74.5 Å². The number of nitrogen functional groups attached to an aromatic ring is 1. The summed E-state index contributed by atoms with van der Waals surface area (Å²) in [5, 5.41) is 0.170. The third kappa shape index (κ3) is 3.66. The number of nitrogens with one attached hydrogen (secondary N) is 1. The third-order valence-electron chi connectivity index (χ3n) is 3.78. The molecule has 2 heterocycles. The largest absolute Gasteiger partial charge is 0.482 e. The van der Waals surface area contributed by atoms with Gasteiger partial charge in [-0.15, -0.1) is 0 Å². The second kappa shape index (κ2) is 7.35. The van der Waals surface area contributed by atoms with Crippen LogP contribution in [0.2, 0.25) is 10.0 Å². The van der Waals surface area contributed by atoms with Crippen LogP contribution in [0.3, 0.4) is 0 Å². The van der Waals surface area contributed by atoms with E-state index in [-0.39, 0.29) is 27.2 Å². The Bertz CT molecular complexity index is 1020. The number of nitrogens with zero attached hydrogens (tertiary/aromatic N) is 1. The van der Waals surface area contributed by atoms with E-state index in [9.17, 15) is 9.18 Å². The fourth-order valence-corrected chi connectivity index (χ4v) is 3.17. The van der Waals surface area contributed by atoms with E-state index in [1.807, 2.05) is 0 Å². The zero-order chi connectivity index (χ0) is 18.8. The van der Waals surface area contributed by atoms with Crippen LogP contribution in [-0.2, 0) is 0 Å². The molecule has 26 heavy (non-hydrogen) atoms. The van der Waals surface area contributed by atoms with Crippen molar-refractivity contribution < 1.29 is 9.13 Å². The van der Waals surface area contributed by atoms with Gasteiger partial charge in [-0.3, -0.25) is 4.79 Å². The molecule has 0 radical (unpaired) electrons. The molecule has 3 aromatic rings. The normalized spacial score (nSPS) is 12.0. The Hall–Kier alpha value is -2.57. The van der Waals surface area contributed by atoms with Crippen LogP contribution in [0.4, 0.5) is 10.2 Å². The number of hydrogen-bond acceptors (Lipinski definition) is 4. The summed E-state index contributed by atoms with van der Waals surface area (Å²) in [4.78, 5) is 18.1. The number of ether oxygens (including phenoxy) is 1. The van der Waals surface area contributed by atoms with Gasteiger partial charge >= 0.3 is 0 Å². The topological polar surface area (TPSA) is 81.0 Å². The van der Waals surface area contributed by atoms with Gasteiger partial charge in [0, 0.05) is 34.6 Å². The molecule has 0 saturated heterocycles. The first-order chi connectivity index (χ1) is 12.4. The molecule has 0 unspecified atom stereocenters. The lowest BCUT2D eigenvalue weighted by Crippen LogP contribution is -2.08. The van der Waals surface area contributed by atoms with Crippen molar-refractivity contribution in [3.8, 4) is 16.9 Å². The summed E-state index contributed by atoms with van der Waals surface area (Å²) in [6, 6.07) is 7.40. The quantitative estimate of drug-likeness (QED) is 0.634. The number of halogens is 3. The molecule has 0 amide bonds. The minimum atomic E-state index is -0.677. The lowest BCUT2D eigenvalue weighted by Gasteiger charge is -2.19. The molecule has 0 aliphatic carbocycles. The molecule has 8 heteroatoms. The monoisotopic (exact) mass is 393 g/mol. The van der Waals surface area contributed by atoms with Gasteiger partial charge in [0.25, 0.3) is 0 Å². The van der Waals surface area contributed by atoms with Gasteiger partial charge in [0.2, 0.25) is 5.56 Å². The fraction of sp³-hybridized carbons (Fsp3) is 0.111. The van der Waals surface area contributed by atoms with Crippen LogP contribution < -0.4 is 16.0 Å². The molecule has 1 atom stereocenters. The molecule has 5 nitrogen and oxygen atoms in total. The Morgan fingerprint density at radius 3 is 2.73 bits per heavy atom. The minimum Gasteiger partial charge on any atom is -0.482 e. The van der Waals surface area contributed by atoms with Crippen molar-refractivity contribution in [2.24, 2.45) is 0 Å². The first-order valence-electron chi connectivity index (χ1n) is 7.61. The number of pyridine rings is 2. The van der Waals surface area contributed by atoms with E-state index in [0.29, 0.717) is 16.7 Å². The van der Waals surface area contributed by atoms with Crippen molar-refractivity contribution in [2.45, 2.75) is 13.0 Å². The Labute approximate surface area is 158 Å². The minimum absolute atomic E-state index is 0.109. The number of aromatic amines is 1. The molecule has 0 saturated carbocycles. The van der Waals surface area contributed by atoms with E-state index in [2.05, 4.69) is 9.97 Å². The van der Waals surface area contributed by atoms with Gasteiger partial charge in [-0.25, -0.2) is 9.37 Å². The predicted molar refractivity (Wildman–Crippen MR) is 100 cm³/mol. The summed E-state index contributed by atoms with van der Waals surface area (Å²) in [6.07, 6.45) is 2.39. The molecule has 1 aromatic carbocycles. The highest BCUT2D eigenvalue weighted by Crippen LogP contribution is 2.36. The number of rotatable bonds is 4. The van der Waals surface area contributed by atoms with Gasteiger partial charge < -0.3 is 15.5 Å². The highest BCUT2D eigenvalue weighted by atomic mass is 35.5. The maximum absolute atomic E-state index is 13.7.